The van der Waals surface area contributed by atoms with Crippen LogP contribution in [0.3, 0.4) is 0 Å². The van der Waals surface area contributed by atoms with Gasteiger partial charge in [0.1, 0.15) is 0 Å². The van der Waals surface area contributed by atoms with Crippen LogP contribution in [0.2, 0.25) is 0 Å². The summed E-state index contributed by atoms with van der Waals surface area (Å²) < 4.78 is 5.73. The van der Waals surface area contributed by atoms with Crippen LogP contribution in [0.1, 0.15) is 40.5 Å². The highest BCUT2D eigenvalue weighted by Crippen LogP contribution is 2.23. The molecule has 1 aliphatic rings. The van der Waals surface area contributed by atoms with Gasteiger partial charge in [-0.2, -0.15) is 0 Å². The fourth-order valence-corrected chi connectivity index (χ4v) is 2.41. The number of ether oxygens (including phenoxy) is 1. The summed E-state index contributed by atoms with van der Waals surface area (Å²) in [6.07, 6.45) is 3.28. The molecule has 2 atom stereocenters. The lowest BCUT2D eigenvalue weighted by Crippen LogP contribution is -2.44. The molecule has 0 bridgehead atoms. The second kappa shape index (κ2) is 4.97. The Morgan fingerprint density at radius 3 is 1.92 bits per heavy atom. The fraction of sp³-hybridized carbons (Fsp3) is 1.00. The van der Waals surface area contributed by atoms with Gasteiger partial charge in [0, 0.05) is 6.04 Å². The first kappa shape index (κ1) is 11.0. The molecule has 0 N–H and O–H groups in total. The van der Waals surface area contributed by atoms with E-state index in [9.17, 15) is 0 Å². The second-order valence-electron chi connectivity index (χ2n) is 4.10. The Balaban J connectivity index is 2.48. The first-order chi connectivity index (χ1) is 6.17. The lowest BCUT2D eigenvalue weighted by Gasteiger charge is -2.38. The van der Waals surface area contributed by atoms with Crippen molar-refractivity contribution in [2.24, 2.45) is 0 Å². The molecule has 0 aromatic heterocycles. The molecule has 13 heavy (non-hydrogen) atoms. The number of hydrogen-bond donors (Lipinski definition) is 0. The van der Waals surface area contributed by atoms with Crippen molar-refractivity contribution in [3.63, 3.8) is 0 Å². The van der Waals surface area contributed by atoms with Crippen LogP contribution in [0.5, 0.6) is 0 Å². The molecule has 0 amide bonds. The summed E-state index contributed by atoms with van der Waals surface area (Å²) in [5.41, 5.74) is 0. The average Bonchev–Trinajstić information content (AvgIpc) is 2.04. The molecule has 0 aromatic rings. The van der Waals surface area contributed by atoms with Crippen LogP contribution in [0.25, 0.3) is 0 Å². The monoisotopic (exact) mass is 185 g/mol. The predicted molar refractivity (Wildman–Crippen MR) is 56.0 cm³/mol. The molecule has 2 nitrogen and oxygen atoms in total. The van der Waals surface area contributed by atoms with E-state index in [1.54, 1.807) is 0 Å². The van der Waals surface area contributed by atoms with Gasteiger partial charge in [-0.15, -0.1) is 0 Å². The van der Waals surface area contributed by atoms with Crippen molar-refractivity contribution in [2.45, 2.75) is 58.8 Å². The van der Waals surface area contributed by atoms with Crippen LogP contribution in [0.4, 0.5) is 0 Å². The minimum Gasteiger partial charge on any atom is -0.375 e. The first-order valence-corrected chi connectivity index (χ1v) is 5.56. The van der Waals surface area contributed by atoms with Crippen LogP contribution in [-0.4, -0.2) is 36.2 Å². The second-order valence-corrected chi connectivity index (χ2v) is 4.10. The molecule has 0 radical (unpaired) electrons. The average molecular weight is 185 g/mol. The first-order valence-electron chi connectivity index (χ1n) is 5.56. The number of rotatable bonds is 3. The highest BCUT2D eigenvalue weighted by molar-refractivity contribution is 4.80. The molecule has 1 saturated heterocycles. The Kier molecular flexibility index (Phi) is 4.20. The summed E-state index contributed by atoms with van der Waals surface area (Å²) in [5, 5.41) is 0. The van der Waals surface area contributed by atoms with E-state index in [2.05, 4.69) is 32.6 Å². The smallest absolute Gasteiger partial charge is 0.0565 e. The van der Waals surface area contributed by atoms with E-state index in [0.717, 1.165) is 6.04 Å². The molecule has 2 unspecified atom stereocenters. The Labute approximate surface area is 82.3 Å². The van der Waals surface area contributed by atoms with Gasteiger partial charge >= 0.3 is 0 Å². The van der Waals surface area contributed by atoms with E-state index in [4.69, 9.17) is 4.74 Å². The molecular formula is C11H23NO. The summed E-state index contributed by atoms with van der Waals surface area (Å²) >= 11 is 0. The molecule has 0 aliphatic carbocycles. The SMILES string of the molecule is CCN(CC)C1CC(C)OC(C)C1. The van der Waals surface area contributed by atoms with Crippen molar-refractivity contribution in [3.05, 3.63) is 0 Å². The summed E-state index contributed by atoms with van der Waals surface area (Å²) in [6, 6.07) is 0.744. The molecule has 1 aliphatic heterocycles. The van der Waals surface area contributed by atoms with E-state index in [1.807, 2.05) is 0 Å². The van der Waals surface area contributed by atoms with Crippen molar-refractivity contribution in [1.29, 1.82) is 0 Å². The van der Waals surface area contributed by atoms with Crippen LogP contribution in [0, 0.1) is 0 Å². The Bertz CT molecular complexity index is 135. The third-order valence-corrected chi connectivity index (χ3v) is 3.00. The molecule has 1 rings (SSSR count). The van der Waals surface area contributed by atoms with Crippen molar-refractivity contribution in [1.82, 2.24) is 4.90 Å². The zero-order valence-corrected chi connectivity index (χ0v) is 9.42. The van der Waals surface area contributed by atoms with Gasteiger partial charge in [-0.1, -0.05) is 13.8 Å². The highest BCUT2D eigenvalue weighted by atomic mass is 16.5. The van der Waals surface area contributed by atoms with E-state index in [-0.39, 0.29) is 0 Å². The Morgan fingerprint density at radius 2 is 1.54 bits per heavy atom. The molecule has 1 fully saturated rings. The topological polar surface area (TPSA) is 12.5 Å². The van der Waals surface area contributed by atoms with Crippen molar-refractivity contribution < 1.29 is 4.74 Å². The third-order valence-electron chi connectivity index (χ3n) is 3.00. The summed E-state index contributed by atoms with van der Waals surface area (Å²) in [4.78, 5) is 2.55. The normalized spacial score (nSPS) is 35.3. The summed E-state index contributed by atoms with van der Waals surface area (Å²) in [5.74, 6) is 0. The van der Waals surface area contributed by atoms with E-state index < -0.39 is 0 Å². The number of nitrogens with zero attached hydrogens (tertiary/aromatic N) is 1. The Morgan fingerprint density at radius 1 is 1.08 bits per heavy atom. The molecule has 1 heterocycles. The maximum Gasteiger partial charge on any atom is 0.0565 e. The lowest BCUT2D eigenvalue weighted by atomic mass is 9.98. The van der Waals surface area contributed by atoms with Crippen LogP contribution in [-0.2, 0) is 4.74 Å². The molecule has 0 spiro atoms. The van der Waals surface area contributed by atoms with Crippen LogP contribution < -0.4 is 0 Å². The quantitative estimate of drug-likeness (QED) is 0.669. The fourth-order valence-electron chi connectivity index (χ4n) is 2.41. The predicted octanol–water partition coefficient (Wildman–Crippen LogP) is 2.28. The van der Waals surface area contributed by atoms with E-state index in [1.165, 1.54) is 25.9 Å². The summed E-state index contributed by atoms with van der Waals surface area (Å²) in [6.45, 7) is 11.2. The zero-order chi connectivity index (χ0) is 9.84. The van der Waals surface area contributed by atoms with E-state index >= 15 is 0 Å². The zero-order valence-electron chi connectivity index (χ0n) is 9.42. The van der Waals surface area contributed by atoms with Gasteiger partial charge in [-0.25, -0.2) is 0 Å². The lowest BCUT2D eigenvalue weighted by molar-refractivity contribution is -0.0636. The largest absolute Gasteiger partial charge is 0.375 e. The van der Waals surface area contributed by atoms with Gasteiger partial charge in [0.15, 0.2) is 0 Å². The van der Waals surface area contributed by atoms with E-state index in [0.29, 0.717) is 12.2 Å². The molecule has 2 heteroatoms. The molecular weight excluding hydrogens is 162 g/mol. The van der Waals surface area contributed by atoms with Gasteiger partial charge in [0.2, 0.25) is 0 Å². The van der Waals surface area contributed by atoms with Gasteiger partial charge in [0.05, 0.1) is 12.2 Å². The van der Waals surface area contributed by atoms with Crippen LogP contribution in [0.15, 0.2) is 0 Å². The van der Waals surface area contributed by atoms with Crippen molar-refractivity contribution >= 4 is 0 Å². The third kappa shape index (κ3) is 2.96. The maximum atomic E-state index is 5.73. The van der Waals surface area contributed by atoms with Gasteiger partial charge in [0.25, 0.3) is 0 Å². The minimum absolute atomic E-state index is 0.439. The minimum atomic E-state index is 0.439. The van der Waals surface area contributed by atoms with Gasteiger partial charge in [-0.3, -0.25) is 0 Å². The molecule has 0 aromatic carbocycles. The van der Waals surface area contributed by atoms with Gasteiger partial charge in [-0.05, 0) is 39.8 Å². The molecule has 0 saturated carbocycles. The van der Waals surface area contributed by atoms with Crippen molar-refractivity contribution in [3.8, 4) is 0 Å². The number of hydrogen-bond acceptors (Lipinski definition) is 2. The summed E-state index contributed by atoms with van der Waals surface area (Å²) in [7, 11) is 0. The Hall–Kier alpha value is -0.0800. The van der Waals surface area contributed by atoms with Crippen molar-refractivity contribution in [2.75, 3.05) is 13.1 Å². The highest BCUT2D eigenvalue weighted by Gasteiger charge is 2.27. The standard InChI is InChI=1S/C11H23NO/c1-5-12(6-2)11-7-9(3)13-10(4)8-11/h9-11H,5-8H2,1-4H3. The molecule has 78 valence electrons. The maximum absolute atomic E-state index is 5.73. The van der Waals surface area contributed by atoms with Crippen LogP contribution >= 0.6 is 0 Å². The van der Waals surface area contributed by atoms with Gasteiger partial charge < -0.3 is 9.64 Å².